The van der Waals surface area contributed by atoms with Crippen molar-refractivity contribution in [3.05, 3.63) is 41.8 Å². The van der Waals surface area contributed by atoms with Gasteiger partial charge in [-0.2, -0.15) is 0 Å². The summed E-state index contributed by atoms with van der Waals surface area (Å²) in [5.74, 6) is 1.83. The van der Waals surface area contributed by atoms with Crippen molar-refractivity contribution in [2.24, 2.45) is 5.73 Å². The number of para-hydroxylation sites is 2. The highest BCUT2D eigenvalue weighted by atomic mass is 32.2. The average molecular weight is 488 g/mol. The van der Waals surface area contributed by atoms with Crippen LogP contribution in [0, 0.1) is 0 Å². The smallest absolute Gasteiger partial charge is 0.233 e. The third-order valence-corrected chi connectivity index (χ3v) is 6.91. The molecule has 2 N–H and O–H groups in total. The molecule has 0 spiro atoms. The van der Waals surface area contributed by atoms with E-state index in [1.54, 1.807) is 4.90 Å². The van der Waals surface area contributed by atoms with Crippen LogP contribution < -0.4 is 15.2 Å². The molecular weight excluding hydrogens is 462 g/mol. The first-order valence-corrected chi connectivity index (χ1v) is 12.5. The molecule has 4 rings (SSSR count). The first kappa shape index (κ1) is 23.1. The lowest BCUT2D eigenvalue weighted by Crippen LogP contribution is -2.44. The van der Waals surface area contributed by atoms with E-state index in [1.807, 2.05) is 53.3 Å². The Labute approximate surface area is 199 Å². The molecule has 3 aromatic rings. The summed E-state index contributed by atoms with van der Waals surface area (Å²) in [5.41, 5.74) is 5.35. The number of fused-ring (bicyclic) bond motifs is 1. The predicted molar refractivity (Wildman–Crippen MR) is 126 cm³/mol. The molecule has 0 saturated carbocycles. The lowest BCUT2D eigenvalue weighted by Gasteiger charge is -2.30. The van der Waals surface area contributed by atoms with Crippen LogP contribution in [-0.4, -0.2) is 63.0 Å². The Morgan fingerprint density at radius 1 is 1.24 bits per heavy atom. The number of likely N-dealkylation sites (N-methyl/N-ethyl adjacent to an activating group) is 1. The maximum Gasteiger partial charge on any atom is 0.233 e. The van der Waals surface area contributed by atoms with Crippen LogP contribution in [0.15, 0.2) is 46.9 Å². The number of nitrogens with zero attached hydrogens (tertiary/aromatic N) is 4. The number of carbonyl (C=O) groups excluding carboxylic acids is 2. The minimum Gasteiger partial charge on any atom is -0.486 e. The summed E-state index contributed by atoms with van der Waals surface area (Å²) in [6, 6.07) is 11.4. The topological polar surface area (TPSA) is 113 Å². The Hall–Kier alpha value is -3.05. The Balaban J connectivity index is 1.39. The molecule has 11 heteroatoms. The van der Waals surface area contributed by atoms with Crippen LogP contribution in [-0.2, 0) is 16.1 Å². The van der Waals surface area contributed by atoms with Gasteiger partial charge in [0.1, 0.15) is 6.61 Å². The van der Waals surface area contributed by atoms with Gasteiger partial charge in [0, 0.05) is 19.5 Å². The van der Waals surface area contributed by atoms with E-state index in [0.29, 0.717) is 43.0 Å². The fraction of sp³-hybridized carbons (Fsp3) is 0.364. The molecule has 1 aliphatic heterocycles. The number of hydrogen-bond donors (Lipinski definition) is 1. The van der Waals surface area contributed by atoms with Gasteiger partial charge in [-0.05, 0) is 30.5 Å². The zero-order valence-corrected chi connectivity index (χ0v) is 19.8. The van der Waals surface area contributed by atoms with Gasteiger partial charge in [0.05, 0.1) is 17.2 Å². The number of rotatable bonds is 10. The molecule has 1 unspecified atom stereocenters. The number of thiophene rings is 1. The fourth-order valence-electron chi connectivity index (χ4n) is 3.43. The molecule has 9 nitrogen and oxygen atoms in total. The van der Waals surface area contributed by atoms with Crippen LogP contribution in [0.3, 0.4) is 0 Å². The molecule has 0 bridgehead atoms. The molecule has 174 valence electrons. The van der Waals surface area contributed by atoms with Crippen molar-refractivity contribution in [3.8, 4) is 22.2 Å². The van der Waals surface area contributed by atoms with Crippen LogP contribution in [0.4, 0.5) is 0 Å². The first-order valence-electron chi connectivity index (χ1n) is 10.6. The van der Waals surface area contributed by atoms with E-state index in [4.69, 9.17) is 15.2 Å². The fourth-order valence-corrected chi connectivity index (χ4v) is 5.02. The molecule has 1 atom stereocenters. The molecular formula is C22H25N5O4S2. The molecule has 0 aliphatic carbocycles. The van der Waals surface area contributed by atoms with Gasteiger partial charge in [-0.3, -0.25) is 9.59 Å². The number of benzene rings is 1. The van der Waals surface area contributed by atoms with E-state index in [2.05, 4.69) is 10.2 Å². The lowest BCUT2D eigenvalue weighted by atomic mass is 10.2. The molecule has 0 saturated heterocycles. The number of carbonyl (C=O) groups is 2. The first-order chi connectivity index (χ1) is 16.0. The monoisotopic (exact) mass is 487 g/mol. The number of thioether (sulfide) groups is 1. The van der Waals surface area contributed by atoms with Gasteiger partial charge in [-0.25, -0.2) is 0 Å². The molecule has 33 heavy (non-hydrogen) atoms. The van der Waals surface area contributed by atoms with E-state index in [1.165, 1.54) is 23.1 Å². The third kappa shape index (κ3) is 5.66. The van der Waals surface area contributed by atoms with Crippen molar-refractivity contribution in [2.45, 2.75) is 31.1 Å². The standard InChI is InChI=1S/C22H25N5O4S2/c1-2-26(12-15-13-30-16-6-3-4-7-17(16)31-15)20(29)14-33-22-25-24-21(18-8-5-11-32-18)27(22)10-9-19(23)28/h3-8,11,15H,2,9-10,12-14H2,1H3,(H2,23,28). The van der Waals surface area contributed by atoms with Crippen molar-refractivity contribution in [3.63, 3.8) is 0 Å². The SMILES string of the molecule is CCN(CC1COc2ccccc2O1)C(=O)CSc1nnc(-c2cccs2)n1CCC(N)=O. The van der Waals surface area contributed by atoms with Crippen molar-refractivity contribution >= 4 is 34.9 Å². The second kappa shape index (κ2) is 10.7. The van der Waals surface area contributed by atoms with Gasteiger partial charge in [0.15, 0.2) is 28.6 Å². The second-order valence-corrected chi connectivity index (χ2v) is 9.26. The second-order valence-electron chi connectivity index (χ2n) is 7.37. The van der Waals surface area contributed by atoms with E-state index < -0.39 is 5.91 Å². The number of ether oxygens (including phenoxy) is 2. The van der Waals surface area contributed by atoms with Crippen molar-refractivity contribution in [1.29, 1.82) is 0 Å². The highest BCUT2D eigenvalue weighted by Crippen LogP contribution is 2.31. The average Bonchev–Trinajstić information content (AvgIpc) is 3.49. The summed E-state index contributed by atoms with van der Waals surface area (Å²) in [4.78, 5) is 27.0. The summed E-state index contributed by atoms with van der Waals surface area (Å²) in [5, 5.41) is 11.1. The highest BCUT2D eigenvalue weighted by Gasteiger charge is 2.25. The van der Waals surface area contributed by atoms with E-state index >= 15 is 0 Å². The summed E-state index contributed by atoms with van der Waals surface area (Å²) in [6.45, 7) is 3.66. The quantitative estimate of drug-likeness (QED) is 0.438. The molecule has 0 fully saturated rings. The Morgan fingerprint density at radius 3 is 2.79 bits per heavy atom. The third-order valence-electron chi connectivity index (χ3n) is 5.09. The Morgan fingerprint density at radius 2 is 2.06 bits per heavy atom. The van der Waals surface area contributed by atoms with Crippen molar-refractivity contribution in [1.82, 2.24) is 19.7 Å². The molecule has 1 aromatic carbocycles. The van der Waals surface area contributed by atoms with Gasteiger partial charge in [-0.1, -0.05) is 30.0 Å². The van der Waals surface area contributed by atoms with Crippen LogP contribution >= 0.6 is 23.1 Å². The van der Waals surface area contributed by atoms with E-state index in [0.717, 1.165) is 10.6 Å². The number of aromatic nitrogens is 3. The summed E-state index contributed by atoms with van der Waals surface area (Å²) in [7, 11) is 0. The van der Waals surface area contributed by atoms with Gasteiger partial charge in [0.2, 0.25) is 11.8 Å². The Bertz CT molecular complexity index is 1100. The number of primary amides is 1. The van der Waals surface area contributed by atoms with Gasteiger partial charge in [0.25, 0.3) is 0 Å². The van der Waals surface area contributed by atoms with Crippen LogP contribution in [0.5, 0.6) is 11.5 Å². The Kier molecular flexibility index (Phi) is 7.50. The zero-order chi connectivity index (χ0) is 23.2. The van der Waals surface area contributed by atoms with Gasteiger partial charge in [-0.15, -0.1) is 21.5 Å². The van der Waals surface area contributed by atoms with Gasteiger partial charge >= 0.3 is 0 Å². The number of amides is 2. The summed E-state index contributed by atoms with van der Waals surface area (Å²) < 4.78 is 13.6. The van der Waals surface area contributed by atoms with Crippen LogP contribution in [0.25, 0.3) is 10.7 Å². The maximum atomic E-state index is 13.0. The van der Waals surface area contributed by atoms with E-state index in [9.17, 15) is 9.59 Å². The molecule has 1 aliphatic rings. The number of hydrogen-bond acceptors (Lipinski definition) is 8. The predicted octanol–water partition coefficient (Wildman–Crippen LogP) is 2.66. The minimum absolute atomic E-state index is 0.0351. The summed E-state index contributed by atoms with van der Waals surface area (Å²) >= 11 is 2.83. The molecule has 2 aromatic heterocycles. The maximum absolute atomic E-state index is 13.0. The number of nitrogens with two attached hydrogens (primary N) is 1. The van der Waals surface area contributed by atoms with E-state index in [-0.39, 0.29) is 24.2 Å². The van der Waals surface area contributed by atoms with Crippen molar-refractivity contribution in [2.75, 3.05) is 25.4 Å². The lowest BCUT2D eigenvalue weighted by molar-refractivity contribution is -0.129. The normalized spacial score (nSPS) is 14.8. The molecule has 2 amide bonds. The highest BCUT2D eigenvalue weighted by molar-refractivity contribution is 7.99. The molecule has 3 heterocycles. The molecule has 0 radical (unpaired) electrons. The van der Waals surface area contributed by atoms with Gasteiger partial charge < -0.3 is 24.7 Å². The van der Waals surface area contributed by atoms with Crippen LogP contribution in [0.2, 0.25) is 0 Å². The largest absolute Gasteiger partial charge is 0.486 e. The van der Waals surface area contributed by atoms with Crippen molar-refractivity contribution < 1.29 is 19.1 Å². The summed E-state index contributed by atoms with van der Waals surface area (Å²) in [6.07, 6.45) is -0.0714. The van der Waals surface area contributed by atoms with Crippen LogP contribution in [0.1, 0.15) is 13.3 Å². The minimum atomic E-state index is -0.402. The zero-order valence-electron chi connectivity index (χ0n) is 18.2.